The normalized spacial score (nSPS) is 12.3. The first kappa shape index (κ1) is 14.8. The Bertz CT molecular complexity index is 937. The number of nitrogens with zero attached hydrogens (tertiary/aromatic N) is 3. The smallest absolute Gasteiger partial charge is 0.390 e. The van der Waals surface area contributed by atoms with Gasteiger partial charge in [-0.05, 0) is 7.11 Å². The molecule has 0 atom stereocenters. The minimum Gasteiger partial charge on any atom is -0.614 e. The van der Waals surface area contributed by atoms with Crippen molar-refractivity contribution in [2.45, 2.75) is 0 Å². The predicted molar refractivity (Wildman–Crippen MR) is 73.2 cm³/mol. The van der Waals surface area contributed by atoms with Crippen LogP contribution in [0.15, 0.2) is 36.4 Å². The third-order valence-corrected chi connectivity index (χ3v) is 3.32. The van der Waals surface area contributed by atoms with Crippen LogP contribution >= 0.6 is 0 Å². The minimum atomic E-state index is -0.861. The second-order valence-electron chi connectivity index (χ2n) is 4.60. The first-order chi connectivity index (χ1) is 11.1. The summed E-state index contributed by atoms with van der Waals surface area (Å²) in [4.78, 5) is 11.8. The Hall–Kier alpha value is -3.16. The monoisotopic (exact) mass is 317 g/mol. The quantitative estimate of drug-likeness (QED) is 0.472. The molecule has 0 radical (unpaired) electrons. The zero-order valence-electron chi connectivity index (χ0n) is 12.3. The van der Waals surface area contributed by atoms with Gasteiger partial charge in [0.05, 0.1) is 12.2 Å². The number of methoxy groups -OCH3 is 2. The number of ether oxygens (including phenoxy) is 2. The molecule has 118 valence electrons. The van der Waals surface area contributed by atoms with Gasteiger partial charge in [-0.15, -0.1) is 4.52 Å². The number of carbonyl (C=O) groups excluding carboxylic acids is 1. The third kappa shape index (κ3) is 2.24. The fraction of sp³-hybridized carbons (Fsp3) is 0.133. The van der Waals surface area contributed by atoms with Gasteiger partial charge in [-0.25, -0.2) is 4.79 Å². The summed E-state index contributed by atoms with van der Waals surface area (Å²) in [6, 6.07) is 10.1. The maximum atomic E-state index is 14.2. The van der Waals surface area contributed by atoms with Crippen LogP contribution in [0.1, 0.15) is 10.5 Å². The highest BCUT2D eigenvalue weighted by Gasteiger charge is 2.31. The van der Waals surface area contributed by atoms with E-state index >= 15 is 0 Å². The van der Waals surface area contributed by atoms with Gasteiger partial charge >= 0.3 is 11.7 Å². The second-order valence-corrected chi connectivity index (χ2v) is 4.60. The third-order valence-electron chi connectivity index (χ3n) is 3.32. The van der Waals surface area contributed by atoms with Gasteiger partial charge in [-0.1, -0.05) is 30.3 Å². The van der Waals surface area contributed by atoms with Crippen molar-refractivity contribution >= 4 is 11.9 Å². The molecule has 0 aliphatic heterocycles. The summed E-state index contributed by atoms with van der Waals surface area (Å²) in [5.41, 5.74) is 0.676. The Kier molecular flexibility index (Phi) is 3.57. The van der Waals surface area contributed by atoms with E-state index in [1.165, 1.54) is 10.6 Å². The van der Waals surface area contributed by atoms with E-state index in [4.69, 9.17) is 4.74 Å². The maximum absolute atomic E-state index is 14.2. The lowest BCUT2D eigenvalue weighted by Crippen LogP contribution is -2.47. The lowest BCUT2D eigenvalue weighted by Gasteiger charge is -2.05. The van der Waals surface area contributed by atoms with Gasteiger partial charge in [-0.3, -0.25) is 0 Å². The van der Waals surface area contributed by atoms with Crippen LogP contribution in [-0.2, 0) is 9.47 Å². The van der Waals surface area contributed by atoms with E-state index in [1.807, 2.05) is 6.07 Å². The van der Waals surface area contributed by atoms with E-state index in [2.05, 4.69) is 9.84 Å². The average molecular weight is 317 g/mol. The van der Waals surface area contributed by atoms with Crippen molar-refractivity contribution in [3.63, 3.8) is 0 Å². The molecule has 0 N–H and O–H groups in total. The van der Waals surface area contributed by atoms with Crippen LogP contribution in [0.5, 0.6) is 0 Å². The number of hydrogen-bond donors (Lipinski definition) is 0. The highest BCUT2D eigenvalue weighted by molar-refractivity contribution is 5.86. The van der Waals surface area contributed by atoms with Crippen LogP contribution in [0.3, 0.4) is 0 Å². The molecule has 23 heavy (non-hydrogen) atoms. The lowest BCUT2D eigenvalue weighted by molar-refractivity contribution is -0.626. The maximum Gasteiger partial charge on any atom is 0.390 e. The molecular weight excluding hydrogens is 305 g/mol. The van der Waals surface area contributed by atoms with Crippen LogP contribution in [0.2, 0.25) is 0 Å². The molecule has 1 aromatic carbocycles. The predicted octanol–water partition coefficient (Wildman–Crippen LogP) is -0.696. The van der Waals surface area contributed by atoms with Crippen molar-refractivity contribution in [2.75, 3.05) is 14.2 Å². The van der Waals surface area contributed by atoms with Gasteiger partial charge < -0.3 is 14.6 Å². The van der Waals surface area contributed by atoms with Gasteiger partial charge in [0.2, 0.25) is 5.35 Å². The summed E-state index contributed by atoms with van der Waals surface area (Å²) in [5.74, 6) is -2.42. The summed E-state index contributed by atoms with van der Waals surface area (Å²) >= 11 is 0. The summed E-state index contributed by atoms with van der Waals surface area (Å²) in [6.45, 7) is 0. The summed E-state index contributed by atoms with van der Waals surface area (Å²) in [6.07, 6.45) is 0. The Labute approximate surface area is 129 Å². The van der Waals surface area contributed by atoms with Crippen LogP contribution in [0.25, 0.3) is 17.2 Å². The molecule has 0 saturated heterocycles. The number of fused-ring (bicyclic) bond motifs is 1. The summed E-state index contributed by atoms with van der Waals surface area (Å²) in [7, 11) is 2.31. The summed E-state index contributed by atoms with van der Waals surface area (Å²) in [5, 5.41) is 15.7. The molecule has 0 saturated carbocycles. The van der Waals surface area contributed by atoms with E-state index in [1.54, 1.807) is 24.3 Å². The molecule has 0 aliphatic rings. The van der Waals surface area contributed by atoms with E-state index < -0.39 is 17.9 Å². The van der Waals surface area contributed by atoms with Crippen molar-refractivity contribution in [3.05, 3.63) is 53.4 Å². The number of rotatable bonds is 3. The van der Waals surface area contributed by atoms with Gasteiger partial charge in [0, 0.05) is 16.3 Å². The molecule has 3 rings (SSSR count). The topological polar surface area (TPSA) is 80.0 Å². The zero-order valence-corrected chi connectivity index (χ0v) is 12.3. The minimum absolute atomic E-state index is 0.206. The molecule has 0 amide bonds. The molecule has 2 heterocycles. The molecule has 8 heteroatoms. The molecule has 0 bridgehead atoms. The molecular formula is C15H12FN3O4. The lowest BCUT2D eigenvalue weighted by atomic mass is 10.1. The van der Waals surface area contributed by atoms with Crippen LogP contribution in [-0.4, -0.2) is 29.9 Å². The molecule has 3 aromatic rings. The number of hydrogen-bond acceptors (Lipinski definition) is 5. The number of benzene rings is 1. The number of esters is 1. The second kappa shape index (κ2) is 5.56. The standard InChI is InChI=1S/C15H12FN3O4/c1-22-14(20)12-13(15(21)23-2)18-10(8-11(16)19(18)17-12)9-6-4-3-5-7-9/h3-8H,1-2H3. The van der Waals surface area contributed by atoms with E-state index in [0.29, 0.717) is 11.3 Å². The van der Waals surface area contributed by atoms with Crippen molar-refractivity contribution in [3.8, 4) is 11.3 Å². The van der Waals surface area contributed by atoms with Crippen molar-refractivity contribution < 1.29 is 28.3 Å². The van der Waals surface area contributed by atoms with Gasteiger partial charge in [0.15, 0.2) is 5.69 Å². The number of halogens is 1. The van der Waals surface area contributed by atoms with E-state index in [9.17, 15) is 14.3 Å². The zero-order chi connectivity index (χ0) is 16.6. The Morgan fingerprint density at radius 3 is 2.57 bits per heavy atom. The van der Waals surface area contributed by atoms with Crippen LogP contribution in [0, 0.1) is 5.95 Å². The number of aromatic nitrogens is 3. The SMILES string of the molecule is COC(=O)c1nn2c(F)cc(-c3ccccc3)[n+]2/c1=C(/[O-])OC. The highest BCUT2D eigenvalue weighted by atomic mass is 19.1. The van der Waals surface area contributed by atoms with Crippen molar-refractivity contribution in [2.24, 2.45) is 0 Å². The van der Waals surface area contributed by atoms with E-state index in [-0.39, 0.29) is 11.0 Å². The highest BCUT2D eigenvalue weighted by Crippen LogP contribution is 2.15. The van der Waals surface area contributed by atoms with Gasteiger partial charge in [0.25, 0.3) is 5.95 Å². The van der Waals surface area contributed by atoms with Crippen LogP contribution < -0.4 is 15.0 Å². The molecule has 0 fully saturated rings. The fourth-order valence-corrected chi connectivity index (χ4v) is 2.31. The largest absolute Gasteiger partial charge is 0.614 e. The average Bonchev–Trinajstić information content (AvgIpc) is 3.12. The Morgan fingerprint density at radius 2 is 1.96 bits per heavy atom. The molecule has 2 aromatic heterocycles. The van der Waals surface area contributed by atoms with E-state index in [0.717, 1.165) is 18.8 Å². The molecule has 7 nitrogen and oxygen atoms in total. The molecule has 0 unspecified atom stereocenters. The van der Waals surface area contributed by atoms with Gasteiger partial charge in [0.1, 0.15) is 5.95 Å². The first-order valence-corrected chi connectivity index (χ1v) is 6.60. The first-order valence-electron chi connectivity index (χ1n) is 6.60. The molecule has 0 aliphatic carbocycles. The molecule has 0 spiro atoms. The number of carbonyl (C=O) groups is 1. The summed E-state index contributed by atoms with van der Waals surface area (Å²) < 4.78 is 25.5. The van der Waals surface area contributed by atoms with Crippen LogP contribution in [0.4, 0.5) is 4.39 Å². The van der Waals surface area contributed by atoms with Crippen molar-refractivity contribution in [1.29, 1.82) is 0 Å². The Morgan fingerprint density at radius 1 is 1.26 bits per heavy atom. The van der Waals surface area contributed by atoms with Gasteiger partial charge in [-0.2, -0.15) is 4.39 Å². The Balaban J connectivity index is 2.46. The fourth-order valence-electron chi connectivity index (χ4n) is 2.31. The van der Waals surface area contributed by atoms with Crippen molar-refractivity contribution in [1.82, 2.24) is 9.73 Å².